The van der Waals surface area contributed by atoms with Crippen LogP contribution in [0, 0.1) is 6.92 Å². The van der Waals surface area contributed by atoms with E-state index in [4.69, 9.17) is 0 Å². The third-order valence-corrected chi connectivity index (χ3v) is 6.80. The van der Waals surface area contributed by atoms with Gasteiger partial charge in [-0.2, -0.15) is 0 Å². The number of carbonyl (C=O) groups is 2. The lowest BCUT2D eigenvalue weighted by Gasteiger charge is -2.24. The molecule has 0 aliphatic carbocycles. The minimum atomic E-state index is -1.21. The molecule has 0 aliphatic heterocycles. The Bertz CT molecular complexity index is 913. The zero-order valence-electron chi connectivity index (χ0n) is 14.1. The lowest BCUT2D eigenvalue weighted by atomic mass is 10.0. The minimum Gasteiger partial charge on any atom is -0.478 e. The maximum absolute atomic E-state index is 11.9. The van der Waals surface area contributed by atoms with Crippen LogP contribution < -0.4 is 15.9 Å². The highest BCUT2D eigenvalue weighted by Crippen LogP contribution is 2.36. The molecule has 0 unspecified atom stereocenters. The zero-order chi connectivity index (χ0) is 18.7. The third-order valence-electron chi connectivity index (χ3n) is 4.14. The Morgan fingerprint density at radius 1 is 0.692 bits per heavy atom. The van der Waals surface area contributed by atoms with Crippen LogP contribution in [0.3, 0.4) is 0 Å². The molecule has 130 valence electrons. The predicted octanol–water partition coefficient (Wildman–Crippen LogP) is 3.15. The highest BCUT2D eigenvalue weighted by Gasteiger charge is 2.26. The summed E-state index contributed by atoms with van der Waals surface area (Å²) < 4.78 is 0. The second-order valence-electron chi connectivity index (χ2n) is 5.75. The Hall–Kier alpha value is -2.97. The second-order valence-corrected chi connectivity index (χ2v) is 7.90. The smallest absolute Gasteiger partial charge is 0.336 e. The summed E-state index contributed by atoms with van der Waals surface area (Å²) in [6.07, 6.45) is 0. The Morgan fingerprint density at radius 2 is 1.12 bits per heavy atom. The fourth-order valence-electron chi connectivity index (χ4n) is 2.95. The van der Waals surface area contributed by atoms with E-state index >= 15 is 0 Å². The molecule has 0 aliphatic rings. The molecule has 26 heavy (non-hydrogen) atoms. The zero-order valence-corrected chi connectivity index (χ0v) is 15.0. The first kappa shape index (κ1) is 17.8. The van der Waals surface area contributed by atoms with E-state index in [1.165, 1.54) is 12.1 Å². The number of hydrogen-bond donors (Lipinski definition) is 2. The van der Waals surface area contributed by atoms with E-state index in [0.29, 0.717) is 10.9 Å². The van der Waals surface area contributed by atoms with Crippen molar-refractivity contribution in [2.75, 3.05) is 0 Å². The summed E-state index contributed by atoms with van der Waals surface area (Å²) in [5, 5.41) is 21.7. The van der Waals surface area contributed by atoms with Gasteiger partial charge in [-0.3, -0.25) is 0 Å². The number of carboxylic acids is 2. The lowest BCUT2D eigenvalue weighted by Crippen LogP contribution is -2.28. The van der Waals surface area contributed by atoms with Crippen LogP contribution in [-0.2, 0) is 0 Å². The number of aromatic carboxylic acids is 2. The Morgan fingerprint density at radius 3 is 1.54 bits per heavy atom. The van der Waals surface area contributed by atoms with Crippen LogP contribution in [0.1, 0.15) is 26.3 Å². The van der Waals surface area contributed by atoms with Gasteiger partial charge in [-0.25, -0.2) is 9.59 Å². The van der Waals surface area contributed by atoms with E-state index in [1.807, 2.05) is 60.7 Å². The standard InChI is InChI=1S/C21H17O4P/c1-14-17(20(22)23)12-13-18(21(24)25)19(14)26(15-8-4-2-5-9-15)16-10-6-3-7-11-16/h2-13H,1H3,(H,22,23)(H,24,25). The van der Waals surface area contributed by atoms with Crippen molar-refractivity contribution in [1.82, 2.24) is 0 Å². The predicted molar refractivity (Wildman–Crippen MR) is 104 cm³/mol. The van der Waals surface area contributed by atoms with Crippen LogP contribution in [0.4, 0.5) is 0 Å². The van der Waals surface area contributed by atoms with Crippen LogP contribution in [0.2, 0.25) is 0 Å². The molecular weight excluding hydrogens is 347 g/mol. The quantitative estimate of drug-likeness (QED) is 0.682. The first-order chi connectivity index (χ1) is 12.5. The molecule has 2 N–H and O–H groups in total. The van der Waals surface area contributed by atoms with E-state index < -0.39 is 19.9 Å². The summed E-state index contributed by atoms with van der Waals surface area (Å²) in [7, 11) is -1.21. The van der Waals surface area contributed by atoms with Crippen molar-refractivity contribution in [2.45, 2.75) is 6.92 Å². The van der Waals surface area contributed by atoms with Gasteiger partial charge in [0.1, 0.15) is 0 Å². The van der Waals surface area contributed by atoms with Gasteiger partial charge >= 0.3 is 11.9 Å². The largest absolute Gasteiger partial charge is 0.478 e. The molecule has 0 fully saturated rings. The van der Waals surface area contributed by atoms with Crippen molar-refractivity contribution in [3.8, 4) is 0 Å². The van der Waals surface area contributed by atoms with Gasteiger partial charge in [0, 0.05) is 5.30 Å². The van der Waals surface area contributed by atoms with Crippen molar-refractivity contribution in [3.05, 3.63) is 89.5 Å². The number of carboxylic acid groups (broad SMARTS) is 2. The number of rotatable bonds is 5. The second kappa shape index (κ2) is 7.51. The average molecular weight is 364 g/mol. The Labute approximate surface area is 152 Å². The molecule has 4 nitrogen and oxygen atoms in total. The summed E-state index contributed by atoms with van der Waals surface area (Å²) in [5.74, 6) is -2.11. The van der Waals surface area contributed by atoms with E-state index in [9.17, 15) is 19.8 Å². The van der Waals surface area contributed by atoms with Crippen molar-refractivity contribution in [1.29, 1.82) is 0 Å². The van der Waals surface area contributed by atoms with Crippen molar-refractivity contribution in [3.63, 3.8) is 0 Å². The van der Waals surface area contributed by atoms with Crippen LogP contribution in [0.5, 0.6) is 0 Å². The maximum atomic E-state index is 11.9. The summed E-state index contributed by atoms with van der Waals surface area (Å²) in [5.41, 5.74) is 0.770. The number of benzene rings is 3. The van der Waals surface area contributed by atoms with Gasteiger partial charge < -0.3 is 10.2 Å². The molecule has 3 aromatic carbocycles. The van der Waals surface area contributed by atoms with Gasteiger partial charge in [0.25, 0.3) is 0 Å². The molecule has 0 radical (unpaired) electrons. The van der Waals surface area contributed by atoms with Crippen LogP contribution >= 0.6 is 7.92 Å². The van der Waals surface area contributed by atoms with Gasteiger partial charge in [-0.05, 0) is 43.2 Å². The molecule has 0 heterocycles. The molecule has 0 amide bonds. The lowest BCUT2D eigenvalue weighted by molar-refractivity contribution is 0.0681. The molecule has 0 aromatic heterocycles. The van der Waals surface area contributed by atoms with Gasteiger partial charge in [0.2, 0.25) is 0 Å². The first-order valence-corrected chi connectivity index (χ1v) is 9.35. The highest BCUT2D eigenvalue weighted by molar-refractivity contribution is 7.80. The molecule has 0 atom stereocenters. The fraction of sp³-hybridized carbons (Fsp3) is 0.0476. The van der Waals surface area contributed by atoms with Gasteiger partial charge in [0.15, 0.2) is 0 Å². The molecule has 3 rings (SSSR count). The van der Waals surface area contributed by atoms with Crippen LogP contribution in [-0.4, -0.2) is 22.2 Å². The van der Waals surface area contributed by atoms with Crippen molar-refractivity contribution in [2.24, 2.45) is 0 Å². The Balaban J connectivity index is 2.36. The average Bonchev–Trinajstić information content (AvgIpc) is 2.64. The van der Waals surface area contributed by atoms with Gasteiger partial charge in [0.05, 0.1) is 11.1 Å². The monoisotopic (exact) mass is 364 g/mol. The minimum absolute atomic E-state index is 0.129. The van der Waals surface area contributed by atoms with E-state index in [1.54, 1.807) is 6.92 Å². The van der Waals surface area contributed by atoms with E-state index in [2.05, 4.69) is 0 Å². The normalized spacial score (nSPS) is 10.7. The molecule has 0 bridgehead atoms. The maximum Gasteiger partial charge on any atom is 0.336 e. The summed E-state index contributed by atoms with van der Waals surface area (Å²) in [4.78, 5) is 23.5. The summed E-state index contributed by atoms with van der Waals surface area (Å²) >= 11 is 0. The molecule has 0 saturated carbocycles. The fourth-order valence-corrected chi connectivity index (χ4v) is 5.58. The topological polar surface area (TPSA) is 74.6 Å². The highest BCUT2D eigenvalue weighted by atomic mass is 31.1. The molecule has 0 spiro atoms. The SMILES string of the molecule is Cc1c(C(=O)O)ccc(C(=O)O)c1P(c1ccccc1)c1ccccc1. The molecule has 0 saturated heterocycles. The van der Waals surface area contributed by atoms with Gasteiger partial charge in [-0.1, -0.05) is 60.7 Å². The van der Waals surface area contributed by atoms with E-state index in [0.717, 1.165) is 10.6 Å². The molecule has 3 aromatic rings. The number of hydrogen-bond acceptors (Lipinski definition) is 2. The third kappa shape index (κ3) is 3.37. The van der Waals surface area contributed by atoms with Crippen molar-refractivity contribution >= 4 is 35.8 Å². The Kier molecular flexibility index (Phi) is 5.15. The molecular formula is C21H17O4P. The van der Waals surface area contributed by atoms with Crippen molar-refractivity contribution < 1.29 is 19.8 Å². The summed E-state index contributed by atoms with van der Waals surface area (Å²) in [6.45, 7) is 1.69. The van der Waals surface area contributed by atoms with E-state index in [-0.39, 0.29) is 11.1 Å². The van der Waals surface area contributed by atoms with Crippen LogP contribution in [0.25, 0.3) is 0 Å². The summed E-state index contributed by atoms with van der Waals surface area (Å²) in [6, 6.07) is 22.0. The molecule has 5 heteroatoms. The van der Waals surface area contributed by atoms with Crippen LogP contribution in [0.15, 0.2) is 72.8 Å². The first-order valence-electron chi connectivity index (χ1n) is 8.01. The van der Waals surface area contributed by atoms with Gasteiger partial charge in [-0.15, -0.1) is 0 Å².